The smallest absolute Gasteiger partial charge is 0.418 e. The van der Waals surface area contributed by atoms with Gasteiger partial charge < -0.3 is 9.47 Å². The Hall–Kier alpha value is -1.95. The van der Waals surface area contributed by atoms with Crippen LogP contribution in [0.2, 0.25) is 0 Å². The lowest BCUT2D eigenvalue weighted by Crippen LogP contribution is -2.16. The van der Waals surface area contributed by atoms with Crippen molar-refractivity contribution in [2.24, 2.45) is 0 Å². The zero-order valence-corrected chi connectivity index (χ0v) is 8.69. The average molecular weight is 204 g/mol. The molecule has 0 fully saturated rings. The second kappa shape index (κ2) is 5.71. The third-order valence-corrected chi connectivity index (χ3v) is 1.56. The number of hydrogen-bond donors (Lipinski definition) is 0. The standard InChI is InChI=1S/C12H12O3/c1-3-7-10(2)14-12(13)15-11-8-5-4-6-9-11/h4-6,8-10H,1-2H3. The number of carbonyl (C=O) groups is 1. The Morgan fingerprint density at radius 2 is 2.00 bits per heavy atom. The number of ether oxygens (including phenoxy) is 2. The normalized spacial score (nSPS) is 10.8. The molecule has 0 aliphatic rings. The Balaban J connectivity index is 2.46. The maximum absolute atomic E-state index is 11.2. The van der Waals surface area contributed by atoms with Gasteiger partial charge in [-0.2, -0.15) is 0 Å². The molecular formula is C12H12O3. The zero-order chi connectivity index (χ0) is 11.1. The molecule has 0 saturated heterocycles. The van der Waals surface area contributed by atoms with Gasteiger partial charge in [0.1, 0.15) is 5.75 Å². The molecule has 0 N–H and O–H groups in total. The highest BCUT2D eigenvalue weighted by molar-refractivity contribution is 5.64. The summed E-state index contributed by atoms with van der Waals surface area (Å²) in [5.41, 5.74) is 0. The lowest BCUT2D eigenvalue weighted by atomic mass is 10.3. The first-order valence-corrected chi connectivity index (χ1v) is 4.58. The summed E-state index contributed by atoms with van der Waals surface area (Å²) in [6, 6.07) is 8.74. The third kappa shape index (κ3) is 4.19. The molecule has 0 aliphatic heterocycles. The third-order valence-electron chi connectivity index (χ3n) is 1.56. The fourth-order valence-corrected chi connectivity index (χ4v) is 0.986. The van der Waals surface area contributed by atoms with Crippen LogP contribution in [-0.4, -0.2) is 12.3 Å². The van der Waals surface area contributed by atoms with Gasteiger partial charge in [0.2, 0.25) is 0 Å². The molecule has 1 aromatic carbocycles. The fourth-order valence-electron chi connectivity index (χ4n) is 0.986. The van der Waals surface area contributed by atoms with Crippen molar-refractivity contribution in [3.63, 3.8) is 0 Å². The predicted molar refractivity (Wildman–Crippen MR) is 56.5 cm³/mol. The van der Waals surface area contributed by atoms with E-state index in [1.54, 1.807) is 38.1 Å². The first-order chi connectivity index (χ1) is 7.22. The first kappa shape index (κ1) is 11.1. The monoisotopic (exact) mass is 204 g/mol. The summed E-state index contributed by atoms with van der Waals surface area (Å²) in [6.45, 7) is 3.37. The summed E-state index contributed by atoms with van der Waals surface area (Å²) >= 11 is 0. The van der Waals surface area contributed by atoms with E-state index in [-0.39, 0.29) is 0 Å². The van der Waals surface area contributed by atoms with E-state index in [1.165, 1.54) is 0 Å². The van der Waals surface area contributed by atoms with Crippen molar-refractivity contribution in [1.29, 1.82) is 0 Å². The molecule has 1 unspecified atom stereocenters. The van der Waals surface area contributed by atoms with E-state index in [9.17, 15) is 4.79 Å². The molecule has 1 rings (SSSR count). The summed E-state index contributed by atoms with van der Waals surface area (Å²) in [5, 5.41) is 0. The van der Waals surface area contributed by atoms with Crippen LogP contribution >= 0.6 is 0 Å². The zero-order valence-electron chi connectivity index (χ0n) is 8.69. The molecule has 0 spiro atoms. The molecule has 1 atom stereocenters. The molecular weight excluding hydrogens is 192 g/mol. The van der Waals surface area contributed by atoms with Crippen LogP contribution in [0.25, 0.3) is 0 Å². The lowest BCUT2D eigenvalue weighted by Gasteiger charge is -2.07. The Bertz CT molecular complexity index is 373. The number of para-hydroxylation sites is 1. The summed E-state index contributed by atoms with van der Waals surface area (Å²) in [6.07, 6.45) is -1.19. The van der Waals surface area contributed by atoms with Gasteiger partial charge >= 0.3 is 6.16 Å². The van der Waals surface area contributed by atoms with Gasteiger partial charge in [0.05, 0.1) is 0 Å². The first-order valence-electron chi connectivity index (χ1n) is 4.58. The van der Waals surface area contributed by atoms with Gasteiger partial charge in [0.15, 0.2) is 6.10 Å². The van der Waals surface area contributed by atoms with Gasteiger partial charge in [0.25, 0.3) is 0 Å². The molecule has 78 valence electrons. The van der Waals surface area contributed by atoms with E-state index in [2.05, 4.69) is 11.8 Å². The van der Waals surface area contributed by atoms with Crippen LogP contribution in [0.15, 0.2) is 30.3 Å². The van der Waals surface area contributed by atoms with Gasteiger partial charge in [-0.3, -0.25) is 0 Å². The van der Waals surface area contributed by atoms with Gasteiger partial charge in [-0.1, -0.05) is 24.1 Å². The number of hydrogen-bond acceptors (Lipinski definition) is 3. The largest absolute Gasteiger partial charge is 0.515 e. The van der Waals surface area contributed by atoms with E-state index < -0.39 is 12.3 Å². The van der Waals surface area contributed by atoms with Gasteiger partial charge in [-0.15, -0.1) is 5.92 Å². The van der Waals surface area contributed by atoms with Crippen molar-refractivity contribution in [2.75, 3.05) is 0 Å². The van der Waals surface area contributed by atoms with Crippen molar-refractivity contribution in [3.05, 3.63) is 30.3 Å². The van der Waals surface area contributed by atoms with Gasteiger partial charge in [-0.05, 0) is 26.0 Å². The maximum atomic E-state index is 11.2. The highest BCUT2D eigenvalue weighted by Gasteiger charge is 2.08. The molecule has 0 aliphatic carbocycles. The van der Waals surface area contributed by atoms with Crippen LogP contribution in [0, 0.1) is 11.8 Å². The molecule has 0 amide bonds. The number of rotatable bonds is 2. The molecule has 0 bridgehead atoms. The Morgan fingerprint density at radius 1 is 1.33 bits per heavy atom. The lowest BCUT2D eigenvalue weighted by molar-refractivity contribution is 0.0853. The van der Waals surface area contributed by atoms with Crippen LogP contribution in [0.5, 0.6) is 5.75 Å². The SMILES string of the molecule is CC#CC(C)OC(=O)Oc1ccccc1. The highest BCUT2D eigenvalue weighted by atomic mass is 16.7. The van der Waals surface area contributed by atoms with Gasteiger partial charge in [0, 0.05) is 0 Å². The minimum atomic E-state index is -0.739. The van der Waals surface area contributed by atoms with Gasteiger partial charge in [-0.25, -0.2) is 4.79 Å². The summed E-state index contributed by atoms with van der Waals surface area (Å²) < 4.78 is 9.76. The fraction of sp³-hybridized carbons (Fsp3) is 0.250. The average Bonchev–Trinajstić information content (AvgIpc) is 2.19. The number of carbonyl (C=O) groups excluding carboxylic acids is 1. The van der Waals surface area contributed by atoms with Crippen molar-refractivity contribution >= 4 is 6.16 Å². The van der Waals surface area contributed by atoms with Crippen LogP contribution in [0.3, 0.4) is 0 Å². The van der Waals surface area contributed by atoms with Crippen molar-refractivity contribution in [1.82, 2.24) is 0 Å². The Kier molecular flexibility index (Phi) is 4.24. The second-order valence-electron chi connectivity index (χ2n) is 2.82. The van der Waals surface area contributed by atoms with Crippen LogP contribution in [-0.2, 0) is 4.74 Å². The van der Waals surface area contributed by atoms with E-state index in [4.69, 9.17) is 9.47 Å². The van der Waals surface area contributed by atoms with E-state index in [1.807, 2.05) is 6.07 Å². The van der Waals surface area contributed by atoms with Crippen molar-refractivity contribution in [2.45, 2.75) is 20.0 Å². The van der Waals surface area contributed by atoms with Crippen LogP contribution in [0.4, 0.5) is 4.79 Å². The molecule has 0 radical (unpaired) electrons. The minimum absolute atomic E-state index is 0.453. The molecule has 3 nitrogen and oxygen atoms in total. The van der Waals surface area contributed by atoms with Crippen molar-refractivity contribution < 1.29 is 14.3 Å². The highest BCUT2D eigenvalue weighted by Crippen LogP contribution is 2.09. The summed E-state index contributed by atoms with van der Waals surface area (Å²) in [5.74, 6) is 5.80. The Labute approximate surface area is 89.0 Å². The number of benzene rings is 1. The minimum Gasteiger partial charge on any atom is -0.418 e. The quantitative estimate of drug-likeness (QED) is 0.422. The Morgan fingerprint density at radius 3 is 2.60 bits per heavy atom. The molecule has 0 aromatic heterocycles. The van der Waals surface area contributed by atoms with Crippen LogP contribution < -0.4 is 4.74 Å². The molecule has 1 aromatic rings. The van der Waals surface area contributed by atoms with Crippen molar-refractivity contribution in [3.8, 4) is 17.6 Å². The molecule has 15 heavy (non-hydrogen) atoms. The van der Waals surface area contributed by atoms with Crippen LogP contribution in [0.1, 0.15) is 13.8 Å². The summed E-state index contributed by atoms with van der Waals surface area (Å²) in [7, 11) is 0. The van der Waals surface area contributed by atoms with E-state index >= 15 is 0 Å². The van der Waals surface area contributed by atoms with E-state index in [0.29, 0.717) is 5.75 Å². The molecule has 3 heteroatoms. The summed E-state index contributed by atoms with van der Waals surface area (Å²) in [4.78, 5) is 11.2. The topological polar surface area (TPSA) is 35.5 Å². The maximum Gasteiger partial charge on any atom is 0.515 e. The molecule has 0 saturated carbocycles. The molecule has 0 heterocycles. The predicted octanol–water partition coefficient (Wildman–Crippen LogP) is 2.61. The van der Waals surface area contributed by atoms with E-state index in [0.717, 1.165) is 0 Å². The second-order valence-corrected chi connectivity index (χ2v) is 2.82.